The summed E-state index contributed by atoms with van der Waals surface area (Å²) in [6.45, 7) is 2.05. The van der Waals surface area contributed by atoms with Crippen LogP contribution in [0.5, 0.6) is 0 Å². The molecule has 1 aromatic carbocycles. The largest absolute Gasteiger partial charge is 0.367 e. The molecule has 0 amide bonds. The van der Waals surface area contributed by atoms with Crippen LogP contribution in [0.1, 0.15) is 12.5 Å². The Morgan fingerprint density at radius 1 is 1.30 bits per heavy atom. The highest BCUT2D eigenvalue weighted by atomic mass is 16.6. The Morgan fingerprint density at radius 3 is 2.70 bits per heavy atom. The summed E-state index contributed by atoms with van der Waals surface area (Å²) >= 11 is 0. The second-order valence-electron chi connectivity index (χ2n) is 4.11. The predicted molar refractivity (Wildman–Crippen MR) is 77.3 cm³/mol. The highest BCUT2D eigenvalue weighted by molar-refractivity contribution is 5.73. The Morgan fingerprint density at radius 2 is 2.05 bits per heavy atom. The molecule has 0 radical (unpaired) electrons. The molecule has 0 saturated carbocycles. The summed E-state index contributed by atoms with van der Waals surface area (Å²) in [7, 11) is 1.58. The van der Waals surface area contributed by atoms with Crippen LogP contribution >= 0.6 is 0 Å². The molecule has 0 spiro atoms. The number of rotatable bonds is 5. The molecule has 0 aliphatic heterocycles. The zero-order chi connectivity index (χ0) is 14.5. The van der Waals surface area contributed by atoms with E-state index in [2.05, 4.69) is 20.6 Å². The predicted octanol–water partition coefficient (Wildman–Crippen LogP) is 2.73. The van der Waals surface area contributed by atoms with Crippen molar-refractivity contribution in [2.75, 3.05) is 17.7 Å². The van der Waals surface area contributed by atoms with Crippen molar-refractivity contribution in [1.29, 1.82) is 0 Å². The molecule has 0 aliphatic carbocycles. The van der Waals surface area contributed by atoms with Gasteiger partial charge in [-0.05, 0) is 24.1 Å². The number of aromatic nitrogens is 2. The van der Waals surface area contributed by atoms with E-state index in [9.17, 15) is 10.1 Å². The van der Waals surface area contributed by atoms with Gasteiger partial charge >= 0.3 is 5.69 Å². The van der Waals surface area contributed by atoms with Gasteiger partial charge in [0.25, 0.3) is 0 Å². The van der Waals surface area contributed by atoms with Crippen molar-refractivity contribution >= 4 is 23.0 Å². The Hall–Kier alpha value is -2.70. The third-order valence-electron chi connectivity index (χ3n) is 2.84. The van der Waals surface area contributed by atoms with E-state index >= 15 is 0 Å². The summed E-state index contributed by atoms with van der Waals surface area (Å²) in [6, 6.07) is 7.67. The second kappa shape index (κ2) is 5.96. The molecule has 20 heavy (non-hydrogen) atoms. The van der Waals surface area contributed by atoms with Gasteiger partial charge in [-0.1, -0.05) is 19.1 Å². The number of hydrogen-bond donors (Lipinski definition) is 2. The van der Waals surface area contributed by atoms with E-state index < -0.39 is 4.92 Å². The lowest BCUT2D eigenvalue weighted by Gasteiger charge is -2.09. The molecule has 1 heterocycles. The molecule has 104 valence electrons. The van der Waals surface area contributed by atoms with Gasteiger partial charge in [0, 0.05) is 12.7 Å². The molecule has 0 atom stereocenters. The molecule has 1 aromatic heterocycles. The maximum atomic E-state index is 11.2. The Bertz CT molecular complexity index is 630. The van der Waals surface area contributed by atoms with Crippen LogP contribution in [0.4, 0.5) is 23.0 Å². The van der Waals surface area contributed by atoms with E-state index in [1.807, 2.05) is 31.2 Å². The second-order valence-corrected chi connectivity index (χ2v) is 4.11. The minimum atomic E-state index is -0.502. The normalized spacial score (nSPS) is 10.1. The van der Waals surface area contributed by atoms with E-state index in [-0.39, 0.29) is 17.3 Å². The summed E-state index contributed by atoms with van der Waals surface area (Å²) in [5.41, 5.74) is 1.73. The molecule has 0 fully saturated rings. The molecule has 0 bridgehead atoms. The average molecular weight is 273 g/mol. The maximum Gasteiger partial charge on any atom is 0.353 e. The van der Waals surface area contributed by atoms with Crippen LogP contribution < -0.4 is 10.6 Å². The van der Waals surface area contributed by atoms with Crippen molar-refractivity contribution in [3.63, 3.8) is 0 Å². The Labute approximate surface area is 116 Å². The van der Waals surface area contributed by atoms with E-state index in [1.165, 1.54) is 6.33 Å². The van der Waals surface area contributed by atoms with E-state index in [4.69, 9.17) is 0 Å². The van der Waals surface area contributed by atoms with Gasteiger partial charge in [-0.2, -0.15) is 0 Å². The monoisotopic (exact) mass is 273 g/mol. The summed E-state index contributed by atoms with van der Waals surface area (Å²) in [4.78, 5) is 18.5. The minimum absolute atomic E-state index is 0.169. The van der Waals surface area contributed by atoms with Crippen LogP contribution in [0.15, 0.2) is 30.6 Å². The summed E-state index contributed by atoms with van der Waals surface area (Å²) in [6.07, 6.45) is 2.17. The first-order valence-corrected chi connectivity index (χ1v) is 6.18. The smallest absolute Gasteiger partial charge is 0.353 e. The van der Waals surface area contributed by atoms with Crippen LogP contribution in [0.3, 0.4) is 0 Å². The first kappa shape index (κ1) is 13.7. The van der Waals surface area contributed by atoms with Crippen molar-refractivity contribution in [2.24, 2.45) is 0 Å². The van der Waals surface area contributed by atoms with Gasteiger partial charge in [0.05, 0.1) is 4.92 Å². The number of anilines is 3. The third kappa shape index (κ3) is 2.82. The summed E-state index contributed by atoms with van der Waals surface area (Å²) in [5.74, 6) is 0.349. The lowest BCUT2D eigenvalue weighted by Crippen LogP contribution is -2.05. The lowest BCUT2D eigenvalue weighted by atomic mass is 10.1. The average Bonchev–Trinajstić information content (AvgIpc) is 2.46. The Kier molecular flexibility index (Phi) is 4.09. The first-order valence-electron chi connectivity index (χ1n) is 6.18. The quantitative estimate of drug-likeness (QED) is 0.642. The summed E-state index contributed by atoms with van der Waals surface area (Å²) < 4.78 is 0. The van der Waals surface area contributed by atoms with Crippen LogP contribution in [0.2, 0.25) is 0 Å². The minimum Gasteiger partial charge on any atom is -0.367 e. The number of hydrogen-bond acceptors (Lipinski definition) is 6. The topological polar surface area (TPSA) is 93.0 Å². The third-order valence-corrected chi connectivity index (χ3v) is 2.84. The van der Waals surface area contributed by atoms with Gasteiger partial charge in [0.15, 0.2) is 0 Å². The maximum absolute atomic E-state index is 11.2. The van der Waals surface area contributed by atoms with Crippen molar-refractivity contribution in [1.82, 2.24) is 9.97 Å². The fraction of sp³-hybridized carbons (Fsp3) is 0.231. The molecular weight excluding hydrogens is 258 g/mol. The lowest BCUT2D eigenvalue weighted by molar-refractivity contribution is -0.383. The van der Waals surface area contributed by atoms with Crippen molar-refractivity contribution in [3.05, 3.63) is 46.3 Å². The number of nitrogens with one attached hydrogen (secondary N) is 2. The van der Waals surface area contributed by atoms with E-state index in [1.54, 1.807) is 7.05 Å². The van der Waals surface area contributed by atoms with Crippen LogP contribution in [-0.2, 0) is 6.42 Å². The van der Waals surface area contributed by atoms with E-state index in [0.717, 1.165) is 17.7 Å². The molecule has 7 heteroatoms. The molecular formula is C13H15N5O2. The van der Waals surface area contributed by atoms with Gasteiger partial charge in [-0.15, -0.1) is 0 Å². The zero-order valence-electron chi connectivity index (χ0n) is 11.3. The first-order chi connectivity index (χ1) is 9.65. The van der Waals surface area contributed by atoms with Crippen LogP contribution in [0, 0.1) is 10.1 Å². The van der Waals surface area contributed by atoms with Gasteiger partial charge < -0.3 is 10.6 Å². The fourth-order valence-corrected chi connectivity index (χ4v) is 1.83. The number of aryl methyl sites for hydroxylation is 1. The van der Waals surface area contributed by atoms with Crippen molar-refractivity contribution in [3.8, 4) is 0 Å². The molecule has 0 aliphatic rings. The molecule has 0 saturated heterocycles. The number of nitro groups is 1. The molecule has 2 aromatic rings. The highest BCUT2D eigenvalue weighted by Gasteiger charge is 2.22. The van der Waals surface area contributed by atoms with Crippen LogP contribution in [0.25, 0.3) is 0 Å². The van der Waals surface area contributed by atoms with Crippen molar-refractivity contribution < 1.29 is 4.92 Å². The summed E-state index contributed by atoms with van der Waals surface area (Å²) in [5, 5.41) is 16.8. The Balaban J connectivity index is 2.40. The van der Waals surface area contributed by atoms with Gasteiger partial charge in [-0.25, -0.2) is 9.97 Å². The van der Waals surface area contributed by atoms with Gasteiger partial charge in [-0.3, -0.25) is 10.1 Å². The number of nitrogens with zero attached hydrogens (tertiary/aromatic N) is 3. The molecule has 2 N–H and O–H groups in total. The number of benzene rings is 1. The molecule has 2 rings (SSSR count). The molecule has 0 unspecified atom stereocenters. The SMILES string of the molecule is CCc1cccc(Nc2ncnc(NC)c2[N+](=O)[O-])c1. The zero-order valence-corrected chi connectivity index (χ0v) is 11.3. The molecule has 7 nitrogen and oxygen atoms in total. The highest BCUT2D eigenvalue weighted by Crippen LogP contribution is 2.30. The fourth-order valence-electron chi connectivity index (χ4n) is 1.83. The van der Waals surface area contributed by atoms with Gasteiger partial charge in [0.2, 0.25) is 11.6 Å². The van der Waals surface area contributed by atoms with Crippen LogP contribution in [-0.4, -0.2) is 21.9 Å². The van der Waals surface area contributed by atoms with Crippen molar-refractivity contribution in [2.45, 2.75) is 13.3 Å². The van der Waals surface area contributed by atoms with Gasteiger partial charge in [0.1, 0.15) is 6.33 Å². The van der Waals surface area contributed by atoms with E-state index in [0.29, 0.717) is 0 Å². The standard InChI is InChI=1S/C13H15N5O2/c1-3-9-5-4-6-10(7-9)17-13-11(18(19)20)12(14-2)15-8-16-13/h4-8H,3H2,1-2H3,(H2,14,15,16,17).